The summed E-state index contributed by atoms with van der Waals surface area (Å²) in [6, 6.07) is 18.7. The number of ketones is 1. The Morgan fingerprint density at radius 3 is 2.58 bits per heavy atom. The smallest absolute Gasteiger partial charge is 0.300 e. The van der Waals surface area contributed by atoms with Crippen molar-refractivity contribution < 1.29 is 28.9 Å². The van der Waals surface area contributed by atoms with Gasteiger partial charge in [0.1, 0.15) is 11.5 Å². The first-order valence-electron chi connectivity index (χ1n) is 11.8. The van der Waals surface area contributed by atoms with Crippen LogP contribution in [0.1, 0.15) is 36.6 Å². The summed E-state index contributed by atoms with van der Waals surface area (Å²) in [5.41, 5.74) is 2.57. The SMILES string of the molecule is Cc1cccc(C2/C(=C(\O)c3cccc(OCC(C)C)c3)C(=O)C(=O)N2c2ccc3c(c2)OCO3)c1. The van der Waals surface area contributed by atoms with Crippen molar-refractivity contribution in [3.8, 4) is 17.2 Å². The van der Waals surface area contributed by atoms with Crippen LogP contribution in [0.25, 0.3) is 5.76 Å². The molecule has 2 aliphatic heterocycles. The van der Waals surface area contributed by atoms with Gasteiger partial charge in [-0.1, -0.05) is 55.8 Å². The van der Waals surface area contributed by atoms with Crippen molar-refractivity contribution in [2.45, 2.75) is 26.8 Å². The van der Waals surface area contributed by atoms with E-state index in [1.807, 2.05) is 45.0 Å². The largest absolute Gasteiger partial charge is 0.507 e. The van der Waals surface area contributed by atoms with Crippen LogP contribution in [-0.4, -0.2) is 30.2 Å². The van der Waals surface area contributed by atoms with Gasteiger partial charge in [0.25, 0.3) is 11.7 Å². The van der Waals surface area contributed by atoms with Crippen LogP contribution >= 0.6 is 0 Å². The molecule has 1 saturated heterocycles. The van der Waals surface area contributed by atoms with E-state index in [1.54, 1.807) is 42.5 Å². The number of carbonyl (C=O) groups is 2. The maximum absolute atomic E-state index is 13.4. The molecule has 184 valence electrons. The molecule has 2 heterocycles. The molecule has 1 N–H and O–H groups in total. The molecule has 7 heteroatoms. The quantitative estimate of drug-likeness (QED) is 0.286. The van der Waals surface area contributed by atoms with Crippen molar-refractivity contribution in [3.05, 3.63) is 89.0 Å². The first-order valence-corrected chi connectivity index (χ1v) is 11.8. The molecule has 1 unspecified atom stereocenters. The minimum atomic E-state index is -0.828. The average molecular weight is 486 g/mol. The van der Waals surface area contributed by atoms with E-state index in [-0.39, 0.29) is 18.1 Å². The van der Waals surface area contributed by atoms with E-state index in [1.165, 1.54) is 4.90 Å². The highest BCUT2D eigenvalue weighted by molar-refractivity contribution is 6.51. The van der Waals surface area contributed by atoms with Crippen LogP contribution in [0.3, 0.4) is 0 Å². The zero-order valence-corrected chi connectivity index (χ0v) is 20.4. The molecule has 0 spiro atoms. The highest BCUT2D eigenvalue weighted by atomic mass is 16.7. The van der Waals surface area contributed by atoms with Gasteiger partial charge in [0.15, 0.2) is 11.5 Å². The summed E-state index contributed by atoms with van der Waals surface area (Å²) in [5.74, 6) is 0.228. The van der Waals surface area contributed by atoms with Crippen molar-refractivity contribution >= 4 is 23.1 Å². The minimum absolute atomic E-state index is 0.0178. The summed E-state index contributed by atoms with van der Waals surface area (Å²) in [5, 5.41) is 11.4. The summed E-state index contributed by atoms with van der Waals surface area (Å²) in [6.45, 7) is 6.63. The van der Waals surface area contributed by atoms with Crippen molar-refractivity contribution in [1.82, 2.24) is 0 Å². The Kier molecular flexibility index (Phi) is 6.14. The Morgan fingerprint density at radius 1 is 1.03 bits per heavy atom. The fraction of sp³-hybridized carbons (Fsp3) is 0.241. The summed E-state index contributed by atoms with van der Waals surface area (Å²) in [7, 11) is 0. The van der Waals surface area contributed by atoms with Gasteiger partial charge in [-0.3, -0.25) is 14.5 Å². The molecule has 5 rings (SSSR count). The topological polar surface area (TPSA) is 85.3 Å². The maximum Gasteiger partial charge on any atom is 0.300 e. The molecule has 0 bridgehead atoms. The molecule has 1 atom stereocenters. The second kappa shape index (κ2) is 9.41. The summed E-state index contributed by atoms with van der Waals surface area (Å²) >= 11 is 0. The van der Waals surface area contributed by atoms with Gasteiger partial charge in [-0.2, -0.15) is 0 Å². The van der Waals surface area contributed by atoms with Gasteiger partial charge in [0.05, 0.1) is 18.2 Å². The number of fused-ring (bicyclic) bond motifs is 1. The van der Waals surface area contributed by atoms with Crippen molar-refractivity contribution in [2.24, 2.45) is 5.92 Å². The Hall–Kier alpha value is -4.26. The number of ether oxygens (including phenoxy) is 3. The molecular weight excluding hydrogens is 458 g/mol. The third-order valence-corrected chi connectivity index (χ3v) is 6.13. The summed E-state index contributed by atoms with van der Waals surface area (Å²) in [6.07, 6.45) is 0. The molecular formula is C29H27NO6. The number of anilines is 1. The van der Waals surface area contributed by atoms with Crippen LogP contribution < -0.4 is 19.1 Å². The number of aryl methyl sites for hydroxylation is 1. The number of aliphatic hydroxyl groups is 1. The lowest BCUT2D eigenvalue weighted by Gasteiger charge is -2.26. The van der Waals surface area contributed by atoms with Gasteiger partial charge in [-0.15, -0.1) is 0 Å². The van der Waals surface area contributed by atoms with Crippen molar-refractivity contribution in [1.29, 1.82) is 0 Å². The maximum atomic E-state index is 13.4. The third kappa shape index (κ3) is 4.28. The van der Waals surface area contributed by atoms with Gasteiger partial charge >= 0.3 is 0 Å². The highest BCUT2D eigenvalue weighted by Crippen LogP contribution is 2.45. The number of aliphatic hydroxyl groups excluding tert-OH is 1. The van der Waals surface area contributed by atoms with Crippen molar-refractivity contribution in [2.75, 3.05) is 18.3 Å². The van der Waals surface area contributed by atoms with Gasteiger partial charge in [0.2, 0.25) is 6.79 Å². The molecule has 0 aliphatic carbocycles. The molecule has 1 fully saturated rings. The molecule has 3 aromatic rings. The minimum Gasteiger partial charge on any atom is -0.507 e. The van der Waals surface area contributed by atoms with Crippen LogP contribution in [0.2, 0.25) is 0 Å². The molecule has 36 heavy (non-hydrogen) atoms. The van der Waals surface area contributed by atoms with Gasteiger partial charge in [0, 0.05) is 17.3 Å². The Morgan fingerprint density at radius 2 is 1.81 bits per heavy atom. The van der Waals surface area contributed by atoms with Gasteiger partial charge in [-0.25, -0.2) is 0 Å². The molecule has 0 saturated carbocycles. The first-order chi connectivity index (χ1) is 17.3. The predicted octanol–water partition coefficient (Wildman–Crippen LogP) is 5.38. The van der Waals surface area contributed by atoms with E-state index >= 15 is 0 Å². The standard InChI is InChI=1S/C29H27NO6/c1-17(2)15-34-22-9-5-8-20(13-22)27(31)25-26(19-7-4-6-18(3)12-19)30(29(33)28(25)32)21-10-11-23-24(14-21)36-16-35-23/h4-14,17,26,31H,15-16H2,1-3H3/b27-25+. The zero-order valence-electron chi connectivity index (χ0n) is 20.4. The summed E-state index contributed by atoms with van der Waals surface area (Å²) < 4.78 is 16.7. The van der Waals surface area contributed by atoms with E-state index in [0.717, 1.165) is 5.56 Å². The Balaban J connectivity index is 1.64. The van der Waals surface area contributed by atoms with E-state index in [0.29, 0.717) is 46.6 Å². The van der Waals surface area contributed by atoms with E-state index in [2.05, 4.69) is 0 Å². The van der Waals surface area contributed by atoms with Crippen LogP contribution in [0.5, 0.6) is 17.2 Å². The average Bonchev–Trinajstić information content (AvgIpc) is 3.44. The molecule has 2 aliphatic rings. The second-order valence-corrected chi connectivity index (χ2v) is 9.35. The van der Waals surface area contributed by atoms with Gasteiger partial charge < -0.3 is 19.3 Å². The van der Waals surface area contributed by atoms with Crippen LogP contribution in [0.4, 0.5) is 5.69 Å². The summed E-state index contributed by atoms with van der Waals surface area (Å²) in [4.78, 5) is 28.2. The third-order valence-electron chi connectivity index (χ3n) is 6.13. The zero-order chi connectivity index (χ0) is 25.4. The van der Waals surface area contributed by atoms with Crippen LogP contribution in [0, 0.1) is 12.8 Å². The lowest BCUT2D eigenvalue weighted by Crippen LogP contribution is -2.29. The number of nitrogens with zero attached hydrogens (tertiary/aromatic N) is 1. The number of rotatable bonds is 6. The number of hydrogen-bond acceptors (Lipinski definition) is 6. The number of carbonyl (C=O) groups excluding carboxylic acids is 2. The van der Waals surface area contributed by atoms with E-state index in [9.17, 15) is 14.7 Å². The fourth-order valence-electron chi connectivity index (χ4n) is 4.44. The second-order valence-electron chi connectivity index (χ2n) is 9.35. The number of hydrogen-bond donors (Lipinski definition) is 1. The van der Waals surface area contributed by atoms with Crippen LogP contribution in [-0.2, 0) is 9.59 Å². The number of amides is 1. The Labute approximate surface area is 209 Å². The first kappa shape index (κ1) is 23.5. The lowest BCUT2D eigenvalue weighted by molar-refractivity contribution is -0.132. The number of benzene rings is 3. The molecule has 3 aromatic carbocycles. The molecule has 7 nitrogen and oxygen atoms in total. The van der Waals surface area contributed by atoms with Crippen LogP contribution in [0.15, 0.2) is 72.3 Å². The van der Waals surface area contributed by atoms with E-state index in [4.69, 9.17) is 14.2 Å². The van der Waals surface area contributed by atoms with Gasteiger partial charge in [-0.05, 0) is 42.7 Å². The normalized spacial score (nSPS) is 18.2. The molecule has 0 radical (unpaired) electrons. The number of Topliss-reactive ketones (excluding diaryl/α,β-unsaturated/α-hetero) is 1. The lowest BCUT2D eigenvalue weighted by atomic mass is 9.94. The monoisotopic (exact) mass is 485 g/mol. The Bertz CT molecular complexity index is 1380. The molecule has 1 amide bonds. The molecule has 0 aromatic heterocycles. The predicted molar refractivity (Wildman–Crippen MR) is 135 cm³/mol. The van der Waals surface area contributed by atoms with Crippen molar-refractivity contribution in [3.63, 3.8) is 0 Å². The highest BCUT2D eigenvalue weighted by Gasteiger charge is 2.47. The van der Waals surface area contributed by atoms with E-state index < -0.39 is 17.7 Å². The fourth-order valence-corrected chi connectivity index (χ4v) is 4.44.